The summed E-state index contributed by atoms with van der Waals surface area (Å²) in [7, 11) is 0. The van der Waals surface area contributed by atoms with Crippen LogP contribution in [-0.4, -0.2) is 40.3 Å². The highest BCUT2D eigenvalue weighted by Crippen LogP contribution is 2.14. The Bertz CT molecular complexity index is 1140. The fraction of sp³-hybridized carbons (Fsp3) is 0.192. The SMILES string of the molecule is CC(OC(=O)CNC(=O)c1cccc([N+](=O)[O-])c1)C(=O)N(Cc1ccccc1)Cc1ccccc1. The standard InChI is InChI=1S/C26H25N3O6/c1-19(35-24(30)16-27-25(31)22-13-8-14-23(15-22)29(33)34)26(32)28(17-20-9-4-2-5-10-20)18-21-11-6-3-7-12-21/h2-15,19H,16-18H2,1H3,(H,27,31). The first-order chi connectivity index (χ1) is 16.8. The number of esters is 1. The number of nitro benzene ring substituents is 1. The smallest absolute Gasteiger partial charge is 0.326 e. The van der Waals surface area contributed by atoms with Crippen LogP contribution in [0.4, 0.5) is 5.69 Å². The molecule has 0 saturated carbocycles. The third-order valence-electron chi connectivity index (χ3n) is 5.11. The summed E-state index contributed by atoms with van der Waals surface area (Å²) >= 11 is 0. The number of nitrogens with one attached hydrogen (secondary N) is 1. The summed E-state index contributed by atoms with van der Waals surface area (Å²) in [5, 5.41) is 13.2. The van der Waals surface area contributed by atoms with Crippen LogP contribution < -0.4 is 5.32 Å². The minimum absolute atomic E-state index is 0.0352. The molecule has 0 saturated heterocycles. The maximum Gasteiger partial charge on any atom is 0.326 e. The molecule has 3 rings (SSSR count). The minimum atomic E-state index is -1.08. The summed E-state index contributed by atoms with van der Waals surface area (Å²) in [6, 6.07) is 24.1. The third-order valence-corrected chi connectivity index (χ3v) is 5.11. The van der Waals surface area contributed by atoms with Gasteiger partial charge in [0.05, 0.1) is 4.92 Å². The molecule has 1 atom stereocenters. The van der Waals surface area contributed by atoms with E-state index in [0.29, 0.717) is 13.1 Å². The molecule has 0 aliphatic rings. The summed E-state index contributed by atoms with van der Waals surface area (Å²) in [5.41, 5.74) is 1.66. The average Bonchev–Trinajstić information content (AvgIpc) is 2.87. The van der Waals surface area contributed by atoms with E-state index in [9.17, 15) is 24.5 Å². The maximum absolute atomic E-state index is 13.1. The lowest BCUT2D eigenvalue weighted by Crippen LogP contribution is -2.41. The van der Waals surface area contributed by atoms with E-state index < -0.39 is 29.4 Å². The van der Waals surface area contributed by atoms with E-state index >= 15 is 0 Å². The lowest BCUT2D eigenvalue weighted by Gasteiger charge is -2.26. The van der Waals surface area contributed by atoms with Crippen LogP contribution in [0.25, 0.3) is 0 Å². The van der Waals surface area contributed by atoms with Gasteiger partial charge in [0.1, 0.15) is 6.54 Å². The Morgan fingerprint density at radius 2 is 1.49 bits per heavy atom. The Morgan fingerprint density at radius 1 is 0.914 bits per heavy atom. The van der Waals surface area contributed by atoms with Gasteiger partial charge in [0.2, 0.25) is 0 Å². The van der Waals surface area contributed by atoms with Gasteiger partial charge in [-0.2, -0.15) is 0 Å². The van der Waals surface area contributed by atoms with Gasteiger partial charge in [0.25, 0.3) is 17.5 Å². The lowest BCUT2D eigenvalue weighted by atomic mass is 10.1. The molecule has 2 amide bonds. The Labute approximate surface area is 202 Å². The zero-order valence-electron chi connectivity index (χ0n) is 19.1. The topological polar surface area (TPSA) is 119 Å². The Hall–Kier alpha value is -4.53. The predicted molar refractivity (Wildman–Crippen MR) is 128 cm³/mol. The first-order valence-electron chi connectivity index (χ1n) is 10.9. The molecule has 9 heteroatoms. The largest absolute Gasteiger partial charge is 0.451 e. The molecule has 0 bridgehead atoms. The van der Waals surface area contributed by atoms with Crippen molar-refractivity contribution in [1.82, 2.24) is 10.2 Å². The number of rotatable bonds is 10. The molecule has 3 aromatic rings. The maximum atomic E-state index is 13.1. The number of amides is 2. The van der Waals surface area contributed by atoms with E-state index in [1.54, 1.807) is 4.90 Å². The molecule has 1 N–H and O–H groups in total. The Balaban J connectivity index is 1.60. The van der Waals surface area contributed by atoms with Gasteiger partial charge >= 0.3 is 5.97 Å². The van der Waals surface area contributed by atoms with Crippen LogP contribution >= 0.6 is 0 Å². The predicted octanol–water partition coefficient (Wildman–Crippen LogP) is 3.49. The van der Waals surface area contributed by atoms with E-state index in [0.717, 1.165) is 17.2 Å². The summed E-state index contributed by atoms with van der Waals surface area (Å²) in [6.45, 7) is 1.65. The van der Waals surface area contributed by atoms with Crippen LogP contribution in [0.5, 0.6) is 0 Å². The van der Waals surface area contributed by atoms with Gasteiger partial charge in [-0.25, -0.2) is 0 Å². The molecule has 0 radical (unpaired) electrons. The quantitative estimate of drug-likeness (QED) is 0.272. The van der Waals surface area contributed by atoms with Crippen molar-refractivity contribution < 1.29 is 24.0 Å². The highest BCUT2D eigenvalue weighted by molar-refractivity contribution is 5.96. The highest BCUT2D eigenvalue weighted by atomic mass is 16.6. The van der Waals surface area contributed by atoms with Crippen LogP contribution in [0.2, 0.25) is 0 Å². The van der Waals surface area contributed by atoms with E-state index in [2.05, 4.69) is 5.32 Å². The summed E-state index contributed by atoms with van der Waals surface area (Å²) < 4.78 is 5.26. The Kier molecular flexibility index (Phi) is 8.66. The van der Waals surface area contributed by atoms with Gasteiger partial charge in [-0.1, -0.05) is 66.7 Å². The number of benzene rings is 3. The van der Waals surface area contributed by atoms with E-state index in [1.807, 2.05) is 60.7 Å². The number of carbonyl (C=O) groups is 3. The van der Waals surface area contributed by atoms with Gasteiger partial charge in [0, 0.05) is 30.8 Å². The minimum Gasteiger partial charge on any atom is -0.451 e. The second-order valence-corrected chi connectivity index (χ2v) is 7.79. The molecule has 0 heterocycles. The van der Waals surface area contributed by atoms with Crippen molar-refractivity contribution in [3.63, 3.8) is 0 Å². The fourth-order valence-electron chi connectivity index (χ4n) is 3.38. The van der Waals surface area contributed by atoms with E-state index in [4.69, 9.17) is 4.74 Å². The average molecular weight is 476 g/mol. The first-order valence-corrected chi connectivity index (χ1v) is 10.9. The summed E-state index contributed by atoms with van der Waals surface area (Å²) in [4.78, 5) is 49.5. The van der Waals surface area contributed by atoms with Crippen molar-refractivity contribution in [3.8, 4) is 0 Å². The van der Waals surface area contributed by atoms with Gasteiger partial charge < -0.3 is 15.0 Å². The molecule has 0 aliphatic carbocycles. The van der Waals surface area contributed by atoms with Crippen molar-refractivity contribution in [2.75, 3.05) is 6.54 Å². The van der Waals surface area contributed by atoms with Crippen LogP contribution in [0.1, 0.15) is 28.4 Å². The number of nitrogens with zero attached hydrogens (tertiary/aromatic N) is 2. The third kappa shape index (κ3) is 7.50. The van der Waals surface area contributed by atoms with Crippen molar-refractivity contribution in [1.29, 1.82) is 0 Å². The first kappa shape index (κ1) is 25.1. The monoisotopic (exact) mass is 475 g/mol. The van der Waals surface area contributed by atoms with Gasteiger partial charge in [-0.15, -0.1) is 0 Å². The van der Waals surface area contributed by atoms with Crippen LogP contribution in [-0.2, 0) is 27.4 Å². The highest BCUT2D eigenvalue weighted by Gasteiger charge is 2.25. The zero-order valence-corrected chi connectivity index (χ0v) is 19.1. The molecule has 9 nitrogen and oxygen atoms in total. The lowest BCUT2D eigenvalue weighted by molar-refractivity contribution is -0.384. The molecule has 35 heavy (non-hydrogen) atoms. The number of carbonyl (C=O) groups excluding carboxylic acids is 3. The van der Waals surface area contributed by atoms with Crippen LogP contribution in [0.15, 0.2) is 84.9 Å². The Morgan fingerprint density at radius 3 is 2.03 bits per heavy atom. The number of non-ortho nitro benzene ring substituents is 1. The van der Waals surface area contributed by atoms with Crippen LogP contribution in [0, 0.1) is 10.1 Å². The van der Waals surface area contributed by atoms with Crippen LogP contribution in [0.3, 0.4) is 0 Å². The number of nitro groups is 1. The molecule has 0 aliphatic heterocycles. The fourth-order valence-corrected chi connectivity index (χ4v) is 3.38. The molecule has 3 aromatic carbocycles. The molecule has 180 valence electrons. The second-order valence-electron chi connectivity index (χ2n) is 7.79. The number of hydrogen-bond donors (Lipinski definition) is 1. The molecular weight excluding hydrogens is 450 g/mol. The zero-order chi connectivity index (χ0) is 25.2. The normalized spacial score (nSPS) is 11.2. The number of hydrogen-bond acceptors (Lipinski definition) is 6. The summed E-state index contributed by atoms with van der Waals surface area (Å²) in [5.74, 6) is -1.85. The molecule has 1 unspecified atom stereocenters. The molecular formula is C26H25N3O6. The van der Waals surface area contributed by atoms with Crippen molar-refractivity contribution in [2.45, 2.75) is 26.1 Å². The van der Waals surface area contributed by atoms with Gasteiger partial charge in [0.15, 0.2) is 6.10 Å². The van der Waals surface area contributed by atoms with Gasteiger partial charge in [-0.3, -0.25) is 24.5 Å². The van der Waals surface area contributed by atoms with E-state index in [-0.39, 0.29) is 17.2 Å². The molecule has 0 spiro atoms. The summed E-state index contributed by atoms with van der Waals surface area (Å²) in [6.07, 6.45) is -1.08. The molecule has 0 fully saturated rings. The van der Waals surface area contributed by atoms with E-state index in [1.165, 1.54) is 25.1 Å². The number of ether oxygens (including phenoxy) is 1. The van der Waals surface area contributed by atoms with Crippen molar-refractivity contribution >= 4 is 23.5 Å². The van der Waals surface area contributed by atoms with Crippen molar-refractivity contribution in [2.24, 2.45) is 0 Å². The van der Waals surface area contributed by atoms with Gasteiger partial charge in [-0.05, 0) is 24.1 Å². The molecule has 0 aromatic heterocycles. The van der Waals surface area contributed by atoms with Crippen molar-refractivity contribution in [3.05, 3.63) is 112 Å². The second kappa shape index (κ2) is 12.1.